The summed E-state index contributed by atoms with van der Waals surface area (Å²) in [6.45, 7) is 13.8. The van der Waals surface area contributed by atoms with E-state index < -0.39 is 0 Å². The minimum atomic E-state index is -0.329. The zero-order chi connectivity index (χ0) is 20.9. The highest BCUT2D eigenvalue weighted by Gasteiger charge is 2.34. The first-order valence-electron chi connectivity index (χ1n) is 9.46. The number of hydrogen-bond donors (Lipinski definition) is 0. The smallest absolute Gasteiger partial charge is 0.282 e. The van der Waals surface area contributed by atoms with Gasteiger partial charge in [0.25, 0.3) is 5.56 Å². The van der Waals surface area contributed by atoms with Crippen molar-refractivity contribution in [1.29, 1.82) is 0 Å². The van der Waals surface area contributed by atoms with Crippen LogP contribution in [0.3, 0.4) is 0 Å². The van der Waals surface area contributed by atoms with Crippen molar-refractivity contribution in [3.63, 3.8) is 0 Å². The second-order valence-corrected chi connectivity index (χ2v) is 9.26. The van der Waals surface area contributed by atoms with E-state index in [9.17, 15) is 9.59 Å². The van der Waals surface area contributed by atoms with Crippen molar-refractivity contribution < 1.29 is 4.79 Å². The van der Waals surface area contributed by atoms with Gasteiger partial charge in [-0.15, -0.1) is 0 Å². The van der Waals surface area contributed by atoms with Crippen LogP contribution in [-0.2, 0) is 4.79 Å². The molecule has 5 heteroatoms. The number of carbonyl (C=O) groups excluding carboxylic acids is 1. The Morgan fingerprint density at radius 2 is 1.43 bits per heavy atom. The summed E-state index contributed by atoms with van der Waals surface area (Å²) in [5, 5.41) is 5.10. The molecule has 0 unspecified atom stereocenters. The van der Waals surface area contributed by atoms with E-state index >= 15 is 0 Å². The van der Waals surface area contributed by atoms with E-state index in [2.05, 4.69) is 10.1 Å². The summed E-state index contributed by atoms with van der Waals surface area (Å²) in [7, 11) is 0. The van der Waals surface area contributed by atoms with Crippen LogP contribution in [0.1, 0.15) is 47.4 Å². The third-order valence-electron chi connectivity index (χ3n) is 4.82. The van der Waals surface area contributed by atoms with Crippen LogP contribution in [-0.4, -0.2) is 21.2 Å². The van der Waals surface area contributed by atoms with E-state index in [0.29, 0.717) is 33.6 Å². The summed E-state index contributed by atoms with van der Waals surface area (Å²) in [6.07, 6.45) is 3.58. The van der Waals surface area contributed by atoms with Crippen LogP contribution in [0.25, 0.3) is 10.9 Å². The van der Waals surface area contributed by atoms with Crippen LogP contribution in [0.5, 0.6) is 0 Å². The fourth-order valence-corrected chi connectivity index (χ4v) is 3.25. The van der Waals surface area contributed by atoms with Crippen LogP contribution in [0.15, 0.2) is 57.5 Å². The minimum absolute atomic E-state index is 0.0413. The molecule has 1 aromatic heterocycles. The maximum absolute atomic E-state index is 13.1. The lowest BCUT2D eigenvalue weighted by molar-refractivity contribution is -0.114. The lowest BCUT2D eigenvalue weighted by Gasteiger charge is -2.30. The Hall–Kier alpha value is -2.82. The van der Waals surface area contributed by atoms with E-state index in [1.54, 1.807) is 25.1 Å². The highest BCUT2D eigenvalue weighted by molar-refractivity contribution is 6.22. The van der Waals surface area contributed by atoms with Gasteiger partial charge < -0.3 is 0 Å². The number of Topliss-reactive ketones (excluding diaryl/α,β-unsaturated/α-hetero) is 1. The van der Waals surface area contributed by atoms with E-state index in [4.69, 9.17) is 0 Å². The molecule has 146 valence electrons. The largest absolute Gasteiger partial charge is 0.289 e. The molecular formula is C23H27N3O2. The Balaban J connectivity index is 2.26. The third kappa shape index (κ3) is 3.61. The average molecular weight is 377 g/mol. The first kappa shape index (κ1) is 19.9. The lowest BCUT2D eigenvalue weighted by atomic mass is 9.72. The molecule has 1 aliphatic carbocycles. The average Bonchev–Trinajstić information content (AvgIpc) is 2.57. The number of nitrogens with zero attached hydrogens (tertiary/aromatic N) is 3. The van der Waals surface area contributed by atoms with Gasteiger partial charge in [0, 0.05) is 11.1 Å². The summed E-state index contributed by atoms with van der Waals surface area (Å²) in [5.41, 5.74) is 1.74. The van der Waals surface area contributed by atoms with Crippen molar-refractivity contribution in [3.8, 4) is 0 Å². The van der Waals surface area contributed by atoms with Crippen molar-refractivity contribution in [1.82, 2.24) is 9.66 Å². The van der Waals surface area contributed by atoms with E-state index in [1.165, 1.54) is 4.68 Å². The van der Waals surface area contributed by atoms with Gasteiger partial charge in [0.2, 0.25) is 0 Å². The third-order valence-corrected chi connectivity index (χ3v) is 4.82. The van der Waals surface area contributed by atoms with Gasteiger partial charge in [-0.3, -0.25) is 9.59 Å². The minimum Gasteiger partial charge on any atom is -0.289 e. The van der Waals surface area contributed by atoms with Crippen molar-refractivity contribution in [2.75, 3.05) is 0 Å². The number of para-hydroxylation sites is 1. The van der Waals surface area contributed by atoms with Gasteiger partial charge in [0.1, 0.15) is 5.82 Å². The van der Waals surface area contributed by atoms with E-state index in [1.807, 2.05) is 59.7 Å². The Kier molecular flexibility index (Phi) is 4.74. The highest BCUT2D eigenvalue weighted by Crippen LogP contribution is 2.37. The summed E-state index contributed by atoms with van der Waals surface area (Å²) in [5.74, 6) is 0.546. The number of aromatic nitrogens is 2. The molecule has 0 atom stereocenters. The van der Waals surface area contributed by atoms with Crippen molar-refractivity contribution >= 4 is 22.4 Å². The van der Waals surface area contributed by atoms with Crippen LogP contribution in [0, 0.1) is 17.8 Å². The molecule has 5 nitrogen and oxygen atoms in total. The molecule has 0 saturated heterocycles. The number of carbonyl (C=O) groups is 1. The molecule has 0 aliphatic heterocycles. The zero-order valence-electron chi connectivity index (χ0n) is 17.6. The van der Waals surface area contributed by atoms with Crippen molar-refractivity contribution in [2.24, 2.45) is 15.9 Å². The van der Waals surface area contributed by atoms with Gasteiger partial charge in [0.15, 0.2) is 5.78 Å². The van der Waals surface area contributed by atoms with Gasteiger partial charge in [-0.1, -0.05) is 53.7 Å². The van der Waals surface area contributed by atoms with Gasteiger partial charge in [-0.05, 0) is 42.0 Å². The zero-order valence-corrected chi connectivity index (χ0v) is 17.6. The monoisotopic (exact) mass is 377 g/mol. The fourth-order valence-electron chi connectivity index (χ4n) is 3.25. The fraction of sp³-hybridized carbons (Fsp3) is 0.391. The molecular weight excluding hydrogens is 350 g/mol. The first-order valence-corrected chi connectivity index (χ1v) is 9.46. The molecule has 0 radical (unpaired) electrons. The number of rotatable bonds is 1. The van der Waals surface area contributed by atoms with Crippen LogP contribution < -0.4 is 5.56 Å². The molecule has 3 rings (SSSR count). The lowest BCUT2D eigenvalue weighted by Crippen LogP contribution is -2.30. The summed E-state index contributed by atoms with van der Waals surface area (Å²) in [4.78, 5) is 30.5. The SMILES string of the molecule is Cc1nc2ccccc2c(=O)n1N=C1C=C(C(C)(C)C)C(=O)C(C(C)(C)C)=C1. The Bertz CT molecular complexity index is 1080. The normalized spacial score (nSPS) is 15.5. The Morgan fingerprint density at radius 1 is 0.893 bits per heavy atom. The Morgan fingerprint density at radius 3 is 1.96 bits per heavy atom. The molecule has 0 fully saturated rings. The number of benzene rings is 1. The standard InChI is InChI=1S/C23H27N3O2/c1-14-24-19-11-9-8-10-16(19)21(28)26(14)25-15-12-17(22(2,3)4)20(27)18(13-15)23(5,6)7/h8-13H,1-7H3. The topological polar surface area (TPSA) is 64.3 Å². The Labute approximate surface area is 165 Å². The second-order valence-electron chi connectivity index (χ2n) is 9.26. The first-order chi connectivity index (χ1) is 12.9. The van der Waals surface area contributed by atoms with E-state index in [-0.39, 0.29) is 22.2 Å². The molecule has 1 heterocycles. The molecule has 0 N–H and O–H groups in total. The number of fused-ring (bicyclic) bond motifs is 1. The van der Waals surface area contributed by atoms with Gasteiger partial charge in [0.05, 0.1) is 16.6 Å². The van der Waals surface area contributed by atoms with E-state index in [0.717, 1.165) is 0 Å². The second kappa shape index (κ2) is 6.66. The van der Waals surface area contributed by atoms with Gasteiger partial charge >= 0.3 is 0 Å². The molecule has 1 aromatic carbocycles. The number of ketones is 1. The molecule has 2 aromatic rings. The maximum Gasteiger partial charge on any atom is 0.282 e. The number of hydrogen-bond acceptors (Lipinski definition) is 4. The maximum atomic E-state index is 13.1. The summed E-state index contributed by atoms with van der Waals surface area (Å²) >= 11 is 0. The van der Waals surface area contributed by atoms with Crippen molar-refractivity contribution in [3.05, 3.63) is 63.7 Å². The van der Waals surface area contributed by atoms with Crippen molar-refractivity contribution in [2.45, 2.75) is 48.5 Å². The predicted octanol–water partition coefficient (Wildman–Crippen LogP) is 4.44. The molecule has 0 saturated carbocycles. The molecule has 0 bridgehead atoms. The summed E-state index contributed by atoms with van der Waals surface area (Å²) < 4.78 is 1.32. The molecule has 1 aliphatic rings. The number of aryl methyl sites for hydroxylation is 1. The van der Waals surface area contributed by atoms with Gasteiger partial charge in [-0.25, -0.2) is 4.98 Å². The molecule has 28 heavy (non-hydrogen) atoms. The molecule has 0 amide bonds. The predicted molar refractivity (Wildman–Crippen MR) is 114 cm³/mol. The van der Waals surface area contributed by atoms with Gasteiger partial charge in [-0.2, -0.15) is 9.78 Å². The summed E-state index contributed by atoms with van der Waals surface area (Å²) in [6, 6.07) is 7.23. The molecule has 0 spiro atoms. The van der Waals surface area contributed by atoms with Crippen LogP contribution in [0.4, 0.5) is 0 Å². The quantitative estimate of drug-likeness (QED) is 0.690. The van der Waals surface area contributed by atoms with Crippen LogP contribution >= 0.6 is 0 Å². The van der Waals surface area contributed by atoms with Crippen LogP contribution in [0.2, 0.25) is 0 Å². The highest BCUT2D eigenvalue weighted by atomic mass is 16.1. The number of allylic oxidation sites excluding steroid dienone is 4.